The zero-order chi connectivity index (χ0) is 21.0. The van der Waals surface area contributed by atoms with Crippen LogP contribution in [0.3, 0.4) is 0 Å². The molecule has 2 aromatic carbocycles. The Balaban J connectivity index is 1.82. The van der Waals surface area contributed by atoms with E-state index in [9.17, 15) is 9.59 Å². The molecule has 1 saturated heterocycles. The number of ether oxygens (including phenoxy) is 2. The third-order valence-electron chi connectivity index (χ3n) is 4.13. The number of nitrogens with zero attached hydrogens (tertiary/aromatic N) is 1. The summed E-state index contributed by atoms with van der Waals surface area (Å²) < 4.78 is 11.4. The van der Waals surface area contributed by atoms with Crippen molar-refractivity contribution in [2.75, 3.05) is 13.7 Å². The molecule has 0 radical (unpaired) electrons. The first-order valence-electron chi connectivity index (χ1n) is 8.76. The zero-order valence-corrected chi connectivity index (χ0v) is 17.6. The summed E-state index contributed by atoms with van der Waals surface area (Å²) in [5.74, 6) is 0.0653. The van der Waals surface area contributed by atoms with Gasteiger partial charge in [0, 0.05) is 6.54 Å². The van der Waals surface area contributed by atoms with Crippen LogP contribution in [0.2, 0.25) is 0 Å². The summed E-state index contributed by atoms with van der Waals surface area (Å²) in [7, 11) is 1.49. The molecule has 1 amide bonds. The number of thioether (sulfide) groups is 1. The van der Waals surface area contributed by atoms with E-state index in [0.29, 0.717) is 32.8 Å². The van der Waals surface area contributed by atoms with Crippen molar-refractivity contribution in [1.29, 1.82) is 0 Å². The molecule has 0 saturated carbocycles. The van der Waals surface area contributed by atoms with Crippen molar-refractivity contribution in [1.82, 2.24) is 4.90 Å². The number of hydrogen-bond donors (Lipinski definition) is 0. The Labute approximate surface area is 179 Å². The van der Waals surface area contributed by atoms with Gasteiger partial charge < -0.3 is 9.47 Å². The van der Waals surface area contributed by atoms with Gasteiger partial charge in [-0.3, -0.25) is 9.69 Å². The fraction of sp³-hybridized carbons (Fsp3) is 0.136. The van der Waals surface area contributed by atoms with Gasteiger partial charge in [0.15, 0.2) is 11.5 Å². The number of benzene rings is 2. The molecule has 7 heteroatoms. The van der Waals surface area contributed by atoms with Crippen molar-refractivity contribution in [3.8, 4) is 11.5 Å². The van der Waals surface area contributed by atoms with E-state index in [1.807, 2.05) is 13.0 Å². The molecule has 0 N–H and O–H groups in total. The Morgan fingerprint density at radius 2 is 2.03 bits per heavy atom. The number of carbonyl (C=O) groups excluding carboxylic acids is 2. The van der Waals surface area contributed by atoms with Gasteiger partial charge >= 0.3 is 5.97 Å². The second kappa shape index (κ2) is 9.07. The lowest BCUT2D eigenvalue weighted by Crippen LogP contribution is -2.27. The van der Waals surface area contributed by atoms with Gasteiger partial charge in [-0.25, -0.2) is 4.79 Å². The van der Waals surface area contributed by atoms with Crippen molar-refractivity contribution < 1.29 is 19.1 Å². The van der Waals surface area contributed by atoms with E-state index in [2.05, 4.69) is 6.58 Å². The van der Waals surface area contributed by atoms with Gasteiger partial charge in [0.05, 0.1) is 17.6 Å². The highest BCUT2D eigenvalue weighted by Crippen LogP contribution is 2.35. The van der Waals surface area contributed by atoms with E-state index in [-0.39, 0.29) is 5.91 Å². The second-order valence-electron chi connectivity index (χ2n) is 6.25. The fourth-order valence-electron chi connectivity index (χ4n) is 2.73. The maximum atomic E-state index is 12.5. The first kappa shape index (κ1) is 20.8. The predicted octanol–water partition coefficient (Wildman–Crippen LogP) is 4.61. The van der Waals surface area contributed by atoms with E-state index in [1.54, 1.807) is 48.6 Å². The van der Waals surface area contributed by atoms with Crippen LogP contribution in [0.15, 0.2) is 60.0 Å². The normalized spacial score (nSPS) is 15.0. The second-order valence-corrected chi connectivity index (χ2v) is 7.93. The number of aryl methyl sites for hydroxylation is 1. The first-order chi connectivity index (χ1) is 13.9. The SMILES string of the molecule is C=CCN1C(=O)C(=Cc2ccc(OC(=O)c3cccc(C)c3)c(OC)c2)SC1=S. The third-order valence-corrected chi connectivity index (χ3v) is 5.50. The molecule has 5 nitrogen and oxygen atoms in total. The van der Waals surface area contributed by atoms with E-state index < -0.39 is 5.97 Å². The minimum Gasteiger partial charge on any atom is -0.493 e. The standard InChI is InChI=1S/C22H19NO4S2/c1-4-10-23-20(24)19(29-22(23)28)13-15-8-9-17(18(12-15)26-3)27-21(25)16-7-5-6-14(2)11-16/h4-9,11-13H,1,10H2,2-3H3. The van der Waals surface area contributed by atoms with Gasteiger partial charge in [0.25, 0.3) is 5.91 Å². The van der Waals surface area contributed by atoms with Crippen LogP contribution in [-0.2, 0) is 4.79 Å². The zero-order valence-electron chi connectivity index (χ0n) is 16.0. The number of rotatable bonds is 6. The number of methoxy groups -OCH3 is 1. The fourth-order valence-corrected chi connectivity index (χ4v) is 4.00. The molecular weight excluding hydrogens is 406 g/mol. The molecular formula is C22H19NO4S2. The third kappa shape index (κ3) is 4.75. The molecule has 3 rings (SSSR count). The van der Waals surface area contributed by atoms with Gasteiger partial charge in [0.2, 0.25) is 0 Å². The summed E-state index contributed by atoms with van der Waals surface area (Å²) in [6.07, 6.45) is 3.37. The van der Waals surface area contributed by atoms with Crippen molar-refractivity contribution in [2.24, 2.45) is 0 Å². The molecule has 0 spiro atoms. The average Bonchev–Trinajstić information content (AvgIpc) is 2.96. The highest BCUT2D eigenvalue weighted by atomic mass is 32.2. The van der Waals surface area contributed by atoms with Gasteiger partial charge in [0.1, 0.15) is 4.32 Å². The lowest BCUT2D eigenvalue weighted by atomic mass is 10.1. The molecule has 1 heterocycles. The molecule has 1 aliphatic heterocycles. The van der Waals surface area contributed by atoms with Crippen molar-refractivity contribution in [3.63, 3.8) is 0 Å². The molecule has 0 atom stereocenters. The van der Waals surface area contributed by atoms with E-state index in [1.165, 1.54) is 23.8 Å². The smallest absolute Gasteiger partial charge is 0.343 e. The Morgan fingerprint density at radius 1 is 1.24 bits per heavy atom. The van der Waals surface area contributed by atoms with Crippen LogP contribution in [0.1, 0.15) is 21.5 Å². The van der Waals surface area contributed by atoms with Gasteiger partial charge in [-0.1, -0.05) is 53.8 Å². The van der Waals surface area contributed by atoms with Crippen molar-refractivity contribution >= 4 is 46.3 Å². The lowest BCUT2D eigenvalue weighted by molar-refractivity contribution is -0.121. The molecule has 0 aromatic heterocycles. The Morgan fingerprint density at radius 3 is 2.72 bits per heavy atom. The van der Waals surface area contributed by atoms with Crippen LogP contribution in [0.25, 0.3) is 6.08 Å². The van der Waals surface area contributed by atoms with Crippen LogP contribution >= 0.6 is 24.0 Å². The number of carbonyl (C=O) groups is 2. The van der Waals surface area contributed by atoms with E-state index in [4.69, 9.17) is 21.7 Å². The first-order valence-corrected chi connectivity index (χ1v) is 9.98. The summed E-state index contributed by atoms with van der Waals surface area (Å²) in [6.45, 7) is 5.93. The number of thiocarbonyl (C=S) groups is 1. The minimum atomic E-state index is -0.468. The molecule has 1 aliphatic rings. The van der Waals surface area contributed by atoms with Crippen LogP contribution in [0, 0.1) is 6.92 Å². The molecule has 148 valence electrons. The molecule has 0 unspecified atom stereocenters. The Hall–Kier alpha value is -2.90. The summed E-state index contributed by atoms with van der Waals surface area (Å²) in [6, 6.07) is 12.3. The molecule has 0 bridgehead atoms. The highest BCUT2D eigenvalue weighted by molar-refractivity contribution is 8.26. The number of esters is 1. The molecule has 29 heavy (non-hydrogen) atoms. The maximum Gasteiger partial charge on any atom is 0.343 e. The average molecular weight is 426 g/mol. The Bertz CT molecular complexity index is 1030. The van der Waals surface area contributed by atoms with Gasteiger partial charge in [-0.15, -0.1) is 6.58 Å². The van der Waals surface area contributed by atoms with Crippen molar-refractivity contribution in [2.45, 2.75) is 6.92 Å². The molecule has 0 aliphatic carbocycles. The van der Waals surface area contributed by atoms with Crippen LogP contribution < -0.4 is 9.47 Å². The van der Waals surface area contributed by atoms with Crippen LogP contribution in [0.4, 0.5) is 0 Å². The van der Waals surface area contributed by atoms with Crippen LogP contribution in [0.5, 0.6) is 11.5 Å². The number of hydrogen-bond acceptors (Lipinski definition) is 6. The van der Waals surface area contributed by atoms with E-state index in [0.717, 1.165) is 11.1 Å². The minimum absolute atomic E-state index is 0.159. The summed E-state index contributed by atoms with van der Waals surface area (Å²) in [5.41, 5.74) is 2.16. The summed E-state index contributed by atoms with van der Waals surface area (Å²) in [5, 5.41) is 0. The lowest BCUT2D eigenvalue weighted by Gasteiger charge is -2.11. The van der Waals surface area contributed by atoms with Crippen molar-refractivity contribution in [3.05, 3.63) is 76.7 Å². The van der Waals surface area contributed by atoms with Crippen LogP contribution in [-0.4, -0.2) is 34.8 Å². The molecule has 2 aromatic rings. The predicted molar refractivity (Wildman–Crippen MR) is 119 cm³/mol. The van der Waals surface area contributed by atoms with Gasteiger partial charge in [-0.2, -0.15) is 0 Å². The Kier molecular flexibility index (Phi) is 6.51. The quantitative estimate of drug-likeness (QED) is 0.221. The summed E-state index contributed by atoms with van der Waals surface area (Å²) in [4.78, 5) is 26.9. The largest absolute Gasteiger partial charge is 0.493 e. The molecule has 1 fully saturated rings. The number of amides is 1. The monoisotopic (exact) mass is 425 g/mol. The highest BCUT2D eigenvalue weighted by Gasteiger charge is 2.31. The summed E-state index contributed by atoms with van der Waals surface area (Å²) >= 11 is 6.48. The maximum absolute atomic E-state index is 12.5. The van der Waals surface area contributed by atoms with Gasteiger partial charge in [-0.05, 0) is 42.8 Å². The van der Waals surface area contributed by atoms with E-state index >= 15 is 0 Å². The topological polar surface area (TPSA) is 55.8 Å².